The molecule has 5 nitrogen and oxygen atoms in total. The average molecular weight is 508 g/mol. The van der Waals surface area contributed by atoms with Gasteiger partial charge in [0.1, 0.15) is 12.6 Å². The Morgan fingerprint density at radius 3 is 1.97 bits per heavy atom. The Labute approximate surface area is 224 Å². The fourth-order valence-corrected chi connectivity index (χ4v) is 4.24. The smallest absolute Gasteiger partial charge is 0.330 e. The number of aliphatic imine (C=N–C) groups is 1. The van der Waals surface area contributed by atoms with Gasteiger partial charge in [0, 0.05) is 11.1 Å². The number of hydrogen-bond donors (Lipinski definition) is 0. The predicted molar refractivity (Wildman–Crippen MR) is 151 cm³/mol. The fourth-order valence-electron chi connectivity index (χ4n) is 4.24. The van der Waals surface area contributed by atoms with Gasteiger partial charge in [0.05, 0.1) is 19.4 Å². The van der Waals surface area contributed by atoms with Crippen molar-refractivity contribution >= 4 is 11.7 Å². The Morgan fingerprint density at radius 1 is 0.789 bits per heavy atom. The van der Waals surface area contributed by atoms with E-state index in [9.17, 15) is 4.79 Å². The van der Waals surface area contributed by atoms with E-state index in [0.717, 1.165) is 28.0 Å². The number of para-hydroxylation sites is 1. The molecule has 0 bridgehead atoms. The second-order valence-corrected chi connectivity index (χ2v) is 8.74. The summed E-state index contributed by atoms with van der Waals surface area (Å²) in [7, 11) is 1.63. The lowest BCUT2D eigenvalue weighted by molar-refractivity contribution is -0.144. The van der Waals surface area contributed by atoms with Gasteiger partial charge in [-0.3, -0.25) is 4.99 Å². The molecule has 1 atom stereocenters. The summed E-state index contributed by atoms with van der Waals surface area (Å²) >= 11 is 0. The first-order valence-corrected chi connectivity index (χ1v) is 12.9. The minimum absolute atomic E-state index is 0.293. The Morgan fingerprint density at radius 2 is 1.39 bits per heavy atom. The van der Waals surface area contributed by atoms with E-state index in [1.807, 2.05) is 116 Å². The molecule has 0 fully saturated rings. The molecule has 0 aromatic heterocycles. The monoisotopic (exact) mass is 507 g/mol. The zero-order valence-electron chi connectivity index (χ0n) is 21.9. The molecule has 1 unspecified atom stereocenters. The van der Waals surface area contributed by atoms with Gasteiger partial charge in [-0.25, -0.2) is 4.79 Å². The van der Waals surface area contributed by atoms with Crippen LogP contribution in [0.4, 0.5) is 0 Å². The number of hydrogen-bond acceptors (Lipinski definition) is 5. The third-order valence-corrected chi connectivity index (χ3v) is 6.13. The van der Waals surface area contributed by atoms with E-state index in [4.69, 9.17) is 19.2 Å². The SMILES string of the molecule is CCOC(=O)C(CCc1cccc(OC)c1OCc1ccccc1)N=C(c1ccccc1)c1ccccc1. The van der Waals surface area contributed by atoms with Crippen LogP contribution in [0.15, 0.2) is 114 Å². The van der Waals surface area contributed by atoms with E-state index in [0.29, 0.717) is 37.6 Å². The van der Waals surface area contributed by atoms with Gasteiger partial charge in [-0.05, 0) is 37.0 Å². The number of carbonyl (C=O) groups is 1. The molecule has 0 saturated heterocycles. The molecule has 194 valence electrons. The van der Waals surface area contributed by atoms with Gasteiger partial charge in [-0.1, -0.05) is 103 Å². The molecule has 4 aromatic carbocycles. The van der Waals surface area contributed by atoms with E-state index in [-0.39, 0.29) is 5.97 Å². The molecule has 0 spiro atoms. The van der Waals surface area contributed by atoms with Crippen molar-refractivity contribution in [1.29, 1.82) is 0 Å². The Balaban J connectivity index is 1.64. The van der Waals surface area contributed by atoms with E-state index < -0.39 is 6.04 Å². The Hall–Kier alpha value is -4.38. The normalized spacial score (nSPS) is 11.3. The summed E-state index contributed by atoms with van der Waals surface area (Å²) in [5.74, 6) is 0.993. The highest BCUT2D eigenvalue weighted by Gasteiger charge is 2.22. The highest BCUT2D eigenvalue weighted by molar-refractivity contribution is 6.13. The zero-order chi connectivity index (χ0) is 26.6. The maximum Gasteiger partial charge on any atom is 0.330 e. The molecule has 0 aliphatic heterocycles. The van der Waals surface area contributed by atoms with Gasteiger partial charge in [0.15, 0.2) is 11.5 Å². The highest BCUT2D eigenvalue weighted by atomic mass is 16.5. The molecule has 0 aliphatic carbocycles. The molecular formula is C33H33NO4. The van der Waals surface area contributed by atoms with E-state index in [2.05, 4.69) is 0 Å². The van der Waals surface area contributed by atoms with Crippen LogP contribution in [0.3, 0.4) is 0 Å². The minimum Gasteiger partial charge on any atom is -0.493 e. The first-order valence-electron chi connectivity index (χ1n) is 12.9. The molecule has 4 aromatic rings. The van der Waals surface area contributed by atoms with Crippen LogP contribution in [0, 0.1) is 0 Å². The van der Waals surface area contributed by atoms with Gasteiger partial charge in [0.2, 0.25) is 0 Å². The minimum atomic E-state index is -0.682. The molecule has 5 heteroatoms. The van der Waals surface area contributed by atoms with Crippen LogP contribution in [0.2, 0.25) is 0 Å². The maximum atomic E-state index is 13.1. The zero-order valence-corrected chi connectivity index (χ0v) is 21.9. The molecule has 0 heterocycles. The summed E-state index contributed by atoms with van der Waals surface area (Å²) in [6.45, 7) is 2.52. The van der Waals surface area contributed by atoms with Crippen LogP contribution in [-0.4, -0.2) is 31.4 Å². The topological polar surface area (TPSA) is 57.1 Å². The standard InChI is InChI=1S/C33H33NO4/c1-3-37-33(35)29(34-31(26-16-9-5-10-17-26)27-18-11-6-12-19-27)23-22-28-20-13-21-30(36-2)32(28)38-24-25-14-7-4-8-15-25/h4-21,29H,3,22-24H2,1-2H3. The average Bonchev–Trinajstić information content (AvgIpc) is 2.97. The Bertz CT molecular complexity index is 1280. The number of methoxy groups -OCH3 is 1. The van der Waals surface area contributed by atoms with Crippen LogP contribution < -0.4 is 9.47 Å². The highest BCUT2D eigenvalue weighted by Crippen LogP contribution is 2.33. The molecule has 4 rings (SSSR count). The van der Waals surface area contributed by atoms with Crippen molar-refractivity contribution < 1.29 is 19.0 Å². The first kappa shape index (κ1) is 26.7. The summed E-state index contributed by atoms with van der Waals surface area (Å²) in [5.41, 5.74) is 4.66. The fraction of sp³-hybridized carbons (Fsp3) is 0.212. The number of aryl methyl sites for hydroxylation is 1. The van der Waals surface area contributed by atoms with Crippen LogP contribution in [0.5, 0.6) is 11.5 Å². The number of ether oxygens (including phenoxy) is 3. The molecule has 0 radical (unpaired) electrons. The molecule has 0 N–H and O–H groups in total. The molecule has 0 amide bonds. The predicted octanol–water partition coefficient (Wildman–Crippen LogP) is 6.68. The van der Waals surface area contributed by atoms with Gasteiger partial charge in [-0.2, -0.15) is 0 Å². The van der Waals surface area contributed by atoms with Crippen LogP contribution in [0.25, 0.3) is 0 Å². The summed E-state index contributed by atoms with van der Waals surface area (Å²) in [5, 5.41) is 0. The quantitative estimate of drug-likeness (QED) is 0.159. The number of rotatable bonds is 12. The number of carbonyl (C=O) groups excluding carboxylic acids is 1. The summed E-state index contributed by atoms with van der Waals surface area (Å²) in [6.07, 6.45) is 1.02. The van der Waals surface area contributed by atoms with Crippen LogP contribution >= 0.6 is 0 Å². The van der Waals surface area contributed by atoms with Gasteiger partial charge < -0.3 is 14.2 Å². The Kier molecular flexibility index (Phi) is 9.69. The summed E-state index contributed by atoms with van der Waals surface area (Å²) in [4.78, 5) is 18.1. The third kappa shape index (κ3) is 7.10. The molecule has 0 saturated carbocycles. The van der Waals surface area contributed by atoms with E-state index in [1.54, 1.807) is 7.11 Å². The molecule has 38 heavy (non-hydrogen) atoms. The van der Waals surface area contributed by atoms with E-state index >= 15 is 0 Å². The summed E-state index contributed by atoms with van der Waals surface area (Å²) < 4.78 is 17.3. The van der Waals surface area contributed by atoms with Gasteiger partial charge in [0.25, 0.3) is 0 Å². The number of benzene rings is 4. The third-order valence-electron chi connectivity index (χ3n) is 6.13. The lowest BCUT2D eigenvalue weighted by atomic mass is 10.00. The van der Waals surface area contributed by atoms with Crippen molar-refractivity contribution in [3.63, 3.8) is 0 Å². The lowest BCUT2D eigenvalue weighted by Gasteiger charge is -2.18. The lowest BCUT2D eigenvalue weighted by Crippen LogP contribution is -2.24. The van der Waals surface area contributed by atoms with Gasteiger partial charge >= 0.3 is 5.97 Å². The van der Waals surface area contributed by atoms with Crippen molar-refractivity contribution in [2.45, 2.75) is 32.4 Å². The van der Waals surface area contributed by atoms with Crippen molar-refractivity contribution in [2.75, 3.05) is 13.7 Å². The second kappa shape index (κ2) is 13.8. The molecular weight excluding hydrogens is 474 g/mol. The maximum absolute atomic E-state index is 13.1. The largest absolute Gasteiger partial charge is 0.493 e. The van der Waals surface area contributed by atoms with Crippen LogP contribution in [0.1, 0.15) is 35.6 Å². The van der Waals surface area contributed by atoms with Crippen LogP contribution in [-0.2, 0) is 22.6 Å². The van der Waals surface area contributed by atoms with E-state index in [1.165, 1.54) is 0 Å². The molecule has 0 aliphatic rings. The van der Waals surface area contributed by atoms with Crippen molar-refractivity contribution in [3.8, 4) is 11.5 Å². The van der Waals surface area contributed by atoms with Crippen molar-refractivity contribution in [2.24, 2.45) is 4.99 Å². The number of nitrogens with zero attached hydrogens (tertiary/aromatic N) is 1. The summed E-state index contributed by atoms with van der Waals surface area (Å²) in [6, 6.07) is 35.0. The van der Waals surface area contributed by atoms with Gasteiger partial charge in [-0.15, -0.1) is 0 Å². The van der Waals surface area contributed by atoms with Crippen molar-refractivity contribution in [1.82, 2.24) is 0 Å². The first-order chi connectivity index (χ1) is 18.7. The number of esters is 1. The van der Waals surface area contributed by atoms with Crippen molar-refractivity contribution in [3.05, 3.63) is 131 Å². The second-order valence-electron chi connectivity index (χ2n) is 8.74.